The minimum atomic E-state index is -3.66. The van der Waals surface area contributed by atoms with Crippen LogP contribution >= 0.6 is 11.6 Å². The van der Waals surface area contributed by atoms with E-state index in [1.54, 1.807) is 45.2 Å². The van der Waals surface area contributed by atoms with Gasteiger partial charge < -0.3 is 14.8 Å². The van der Waals surface area contributed by atoms with Gasteiger partial charge in [-0.25, -0.2) is 0 Å². The number of carbonyl (C=O) groups excluding carboxylic acids is 1. The molecule has 29 heavy (non-hydrogen) atoms. The van der Waals surface area contributed by atoms with Crippen LogP contribution in [0, 0.1) is 13.8 Å². The first-order valence-corrected chi connectivity index (χ1v) is 9.04. The molecule has 3 aromatic rings. The Balaban J connectivity index is 1.57. The number of fused-ring (bicyclic) bond motifs is 1. The molecule has 9 heteroatoms. The van der Waals surface area contributed by atoms with Crippen molar-refractivity contribution in [2.45, 2.75) is 20.1 Å². The van der Waals surface area contributed by atoms with Crippen LogP contribution in [-0.2, 0) is 7.05 Å². The zero-order valence-electron chi connectivity index (χ0n) is 15.7. The van der Waals surface area contributed by atoms with Crippen LogP contribution in [0.1, 0.15) is 21.7 Å². The topological polar surface area (TPSA) is 65.4 Å². The molecule has 4 rings (SSSR count). The Morgan fingerprint density at radius 3 is 2.34 bits per heavy atom. The maximum absolute atomic E-state index is 13.3. The molecule has 0 saturated heterocycles. The zero-order valence-corrected chi connectivity index (χ0v) is 16.5. The molecule has 0 fully saturated rings. The van der Waals surface area contributed by atoms with Gasteiger partial charge in [0, 0.05) is 12.7 Å². The van der Waals surface area contributed by atoms with Crippen LogP contribution in [0.2, 0.25) is 5.02 Å². The Hall–Kier alpha value is -3.13. The highest BCUT2D eigenvalue weighted by Gasteiger charge is 2.43. The molecule has 2 aromatic carbocycles. The van der Waals surface area contributed by atoms with Crippen molar-refractivity contribution < 1.29 is 23.0 Å². The van der Waals surface area contributed by atoms with E-state index in [1.165, 1.54) is 16.8 Å². The van der Waals surface area contributed by atoms with Gasteiger partial charge >= 0.3 is 6.29 Å². The molecule has 0 saturated carbocycles. The van der Waals surface area contributed by atoms with Crippen LogP contribution in [0.3, 0.4) is 0 Å². The van der Waals surface area contributed by atoms with E-state index in [0.29, 0.717) is 22.0 Å². The molecule has 0 unspecified atom stereocenters. The predicted octanol–water partition coefficient (Wildman–Crippen LogP) is 4.93. The molecule has 1 amide bonds. The molecule has 1 aliphatic heterocycles. The number of carbonyl (C=O) groups is 1. The van der Waals surface area contributed by atoms with E-state index in [-0.39, 0.29) is 23.1 Å². The molecule has 2 heterocycles. The van der Waals surface area contributed by atoms with Gasteiger partial charge in [0.2, 0.25) is 0 Å². The fourth-order valence-electron chi connectivity index (χ4n) is 3.21. The summed E-state index contributed by atoms with van der Waals surface area (Å²) in [5.41, 5.74) is 3.63. The molecule has 1 aliphatic rings. The fourth-order valence-corrected chi connectivity index (χ4v) is 3.46. The normalized spacial score (nSPS) is 14.1. The summed E-state index contributed by atoms with van der Waals surface area (Å²) in [7, 11) is 1.64. The molecule has 1 aromatic heterocycles. The van der Waals surface area contributed by atoms with Crippen molar-refractivity contribution in [1.82, 2.24) is 9.78 Å². The van der Waals surface area contributed by atoms with Crippen molar-refractivity contribution >= 4 is 23.2 Å². The average Bonchev–Trinajstić information content (AvgIpc) is 3.07. The average molecular weight is 420 g/mol. The van der Waals surface area contributed by atoms with E-state index in [4.69, 9.17) is 11.6 Å². The number of ether oxygens (including phenoxy) is 2. The number of hydrogen-bond donors (Lipinski definition) is 1. The highest BCUT2D eigenvalue weighted by molar-refractivity contribution is 6.34. The molecular formula is C20H16ClF2N3O3. The summed E-state index contributed by atoms with van der Waals surface area (Å²) in [5.74, 6) is -0.398. The summed E-state index contributed by atoms with van der Waals surface area (Å²) in [6, 6.07) is 9.99. The lowest BCUT2D eigenvalue weighted by molar-refractivity contribution is -0.286. The Morgan fingerprint density at radius 2 is 1.76 bits per heavy atom. The number of aryl methyl sites for hydroxylation is 3. The second kappa shape index (κ2) is 6.73. The minimum Gasteiger partial charge on any atom is -0.395 e. The first-order chi connectivity index (χ1) is 13.6. The van der Waals surface area contributed by atoms with Crippen LogP contribution in [0.15, 0.2) is 36.4 Å². The van der Waals surface area contributed by atoms with Crippen molar-refractivity contribution in [3.05, 3.63) is 58.4 Å². The SMILES string of the molecule is Cc1cc2c(cc1-c1ccc(NC(=O)c3c(Cl)c(C)nn3C)cc1)OC(F)(F)O2. The minimum absolute atomic E-state index is 0.00322. The number of benzene rings is 2. The van der Waals surface area contributed by atoms with E-state index < -0.39 is 6.29 Å². The summed E-state index contributed by atoms with van der Waals surface area (Å²) in [4.78, 5) is 12.5. The second-order valence-electron chi connectivity index (χ2n) is 6.68. The number of rotatable bonds is 3. The number of nitrogens with zero attached hydrogens (tertiary/aromatic N) is 2. The standard InChI is InChI=1S/C20H16ClF2N3O3/c1-10-8-15-16(29-20(22,23)28-15)9-14(10)12-4-6-13(7-5-12)24-19(27)18-17(21)11(2)25-26(18)3/h4-9H,1-3H3,(H,24,27). The lowest BCUT2D eigenvalue weighted by Gasteiger charge is -2.10. The van der Waals surface area contributed by atoms with Crippen LogP contribution in [0.5, 0.6) is 11.5 Å². The third kappa shape index (κ3) is 3.51. The Bertz CT molecular complexity index is 1130. The van der Waals surface area contributed by atoms with Gasteiger partial charge in [0.15, 0.2) is 11.5 Å². The summed E-state index contributed by atoms with van der Waals surface area (Å²) in [6.45, 7) is 3.51. The van der Waals surface area contributed by atoms with Crippen molar-refractivity contribution in [2.75, 3.05) is 5.32 Å². The Labute approximate surface area is 170 Å². The molecule has 1 N–H and O–H groups in total. The number of nitrogens with one attached hydrogen (secondary N) is 1. The van der Waals surface area contributed by atoms with E-state index in [9.17, 15) is 13.6 Å². The number of aromatic nitrogens is 2. The lowest BCUT2D eigenvalue weighted by Crippen LogP contribution is -2.25. The van der Waals surface area contributed by atoms with Gasteiger partial charge in [-0.1, -0.05) is 23.7 Å². The van der Waals surface area contributed by atoms with E-state index in [2.05, 4.69) is 19.9 Å². The summed E-state index contributed by atoms with van der Waals surface area (Å²) < 4.78 is 37.0. The van der Waals surface area contributed by atoms with Gasteiger partial charge in [0.1, 0.15) is 5.69 Å². The second-order valence-corrected chi connectivity index (χ2v) is 7.06. The van der Waals surface area contributed by atoms with Gasteiger partial charge in [-0.3, -0.25) is 9.48 Å². The molecule has 0 bridgehead atoms. The number of halogens is 3. The monoisotopic (exact) mass is 419 g/mol. The van der Waals surface area contributed by atoms with Crippen molar-refractivity contribution in [2.24, 2.45) is 7.05 Å². The van der Waals surface area contributed by atoms with Gasteiger partial charge in [-0.2, -0.15) is 5.10 Å². The van der Waals surface area contributed by atoms with Crippen LogP contribution in [-0.4, -0.2) is 22.0 Å². The fraction of sp³-hybridized carbons (Fsp3) is 0.200. The van der Waals surface area contributed by atoms with Crippen LogP contribution < -0.4 is 14.8 Å². The molecule has 150 valence electrons. The molecule has 0 spiro atoms. The smallest absolute Gasteiger partial charge is 0.395 e. The highest BCUT2D eigenvalue weighted by atomic mass is 35.5. The summed E-state index contributed by atoms with van der Waals surface area (Å²) in [5, 5.41) is 7.20. The maximum atomic E-state index is 13.3. The van der Waals surface area contributed by atoms with Crippen molar-refractivity contribution in [3.8, 4) is 22.6 Å². The van der Waals surface area contributed by atoms with Gasteiger partial charge in [-0.15, -0.1) is 8.78 Å². The summed E-state index contributed by atoms with van der Waals surface area (Å²) in [6.07, 6.45) is -3.66. The highest BCUT2D eigenvalue weighted by Crippen LogP contribution is 2.44. The number of amides is 1. The molecule has 0 radical (unpaired) electrons. The van der Waals surface area contributed by atoms with Gasteiger partial charge in [-0.05, 0) is 54.8 Å². The number of alkyl halides is 2. The van der Waals surface area contributed by atoms with Crippen molar-refractivity contribution in [1.29, 1.82) is 0 Å². The van der Waals surface area contributed by atoms with Crippen LogP contribution in [0.4, 0.5) is 14.5 Å². The van der Waals surface area contributed by atoms with E-state index in [1.807, 2.05) is 0 Å². The maximum Gasteiger partial charge on any atom is 0.586 e. The summed E-state index contributed by atoms with van der Waals surface area (Å²) >= 11 is 6.14. The quantitative estimate of drug-likeness (QED) is 0.653. The first-order valence-electron chi connectivity index (χ1n) is 8.66. The van der Waals surface area contributed by atoms with Crippen LogP contribution in [0.25, 0.3) is 11.1 Å². The van der Waals surface area contributed by atoms with Gasteiger partial charge in [0.25, 0.3) is 5.91 Å². The van der Waals surface area contributed by atoms with Gasteiger partial charge in [0.05, 0.1) is 10.7 Å². The molecule has 0 aliphatic carbocycles. The largest absolute Gasteiger partial charge is 0.586 e. The number of hydrogen-bond acceptors (Lipinski definition) is 4. The molecular weight excluding hydrogens is 404 g/mol. The third-order valence-electron chi connectivity index (χ3n) is 4.57. The van der Waals surface area contributed by atoms with E-state index >= 15 is 0 Å². The third-order valence-corrected chi connectivity index (χ3v) is 5.02. The Kier molecular flexibility index (Phi) is 4.46. The predicted molar refractivity (Wildman–Crippen MR) is 104 cm³/mol. The van der Waals surface area contributed by atoms with Crippen molar-refractivity contribution in [3.63, 3.8) is 0 Å². The molecule has 0 atom stereocenters. The first kappa shape index (κ1) is 19.2. The zero-order chi connectivity index (χ0) is 20.9. The lowest BCUT2D eigenvalue weighted by atomic mass is 9.99. The number of anilines is 1. The molecule has 6 nitrogen and oxygen atoms in total. The van der Waals surface area contributed by atoms with E-state index in [0.717, 1.165) is 11.1 Å². The Morgan fingerprint density at radius 1 is 1.14 bits per heavy atom.